The third-order valence-corrected chi connectivity index (χ3v) is 4.10. The van der Waals surface area contributed by atoms with Crippen LogP contribution in [0.4, 0.5) is 10.6 Å². The molecular formula is C17H23N5O2. The molecule has 0 unspecified atom stereocenters. The van der Waals surface area contributed by atoms with Crippen LogP contribution < -0.4 is 10.6 Å². The molecule has 3 rings (SSSR count). The Balaban J connectivity index is 1.66. The number of hydrogen-bond acceptors (Lipinski definition) is 4. The van der Waals surface area contributed by atoms with E-state index in [0.29, 0.717) is 12.4 Å². The van der Waals surface area contributed by atoms with Crippen molar-refractivity contribution >= 4 is 11.8 Å². The molecule has 1 fully saturated rings. The Morgan fingerprint density at radius 2 is 2.38 bits per heavy atom. The largest absolute Gasteiger partial charge is 0.371 e. The molecule has 2 aromatic rings. The SMILES string of the molecule is CCn1cc([C@H]2OCCC[C@@H]2NC(=O)Nc2cc(C)ccn2)cn1. The standard InChI is InChI=1S/C17H23N5O2/c1-3-22-11-13(10-19-22)16-14(5-4-8-24-16)20-17(23)21-15-9-12(2)6-7-18-15/h6-7,9-11,14,16H,3-5,8H2,1-2H3,(H2,18,20,21,23)/t14-,16+/m0/s1. The van der Waals surface area contributed by atoms with Crippen molar-refractivity contribution in [2.45, 2.75) is 45.4 Å². The molecule has 0 spiro atoms. The lowest BCUT2D eigenvalue weighted by Crippen LogP contribution is -2.44. The van der Waals surface area contributed by atoms with Gasteiger partial charge in [0.1, 0.15) is 11.9 Å². The minimum absolute atomic E-state index is 0.0851. The van der Waals surface area contributed by atoms with Crippen LogP contribution >= 0.6 is 0 Å². The Kier molecular flexibility index (Phi) is 5.10. The van der Waals surface area contributed by atoms with Crippen molar-refractivity contribution in [2.75, 3.05) is 11.9 Å². The molecule has 1 saturated heterocycles. The number of aromatic nitrogens is 3. The average molecular weight is 329 g/mol. The number of ether oxygens (including phenoxy) is 1. The quantitative estimate of drug-likeness (QED) is 0.903. The number of anilines is 1. The predicted molar refractivity (Wildman–Crippen MR) is 90.7 cm³/mol. The van der Waals surface area contributed by atoms with Crippen LogP contribution in [-0.4, -0.2) is 33.4 Å². The van der Waals surface area contributed by atoms with E-state index >= 15 is 0 Å². The van der Waals surface area contributed by atoms with E-state index in [1.807, 2.05) is 43.1 Å². The van der Waals surface area contributed by atoms with Gasteiger partial charge in [-0.1, -0.05) is 0 Å². The molecule has 2 aromatic heterocycles. The molecule has 2 atom stereocenters. The zero-order chi connectivity index (χ0) is 16.9. The fourth-order valence-corrected chi connectivity index (χ4v) is 2.88. The van der Waals surface area contributed by atoms with Crippen molar-refractivity contribution in [2.24, 2.45) is 0 Å². The number of aryl methyl sites for hydroxylation is 2. The van der Waals surface area contributed by atoms with Crippen LogP contribution in [0.1, 0.15) is 37.0 Å². The van der Waals surface area contributed by atoms with Crippen LogP contribution in [0.2, 0.25) is 0 Å². The van der Waals surface area contributed by atoms with Gasteiger partial charge in [0.2, 0.25) is 0 Å². The van der Waals surface area contributed by atoms with Gasteiger partial charge in [-0.05, 0) is 44.4 Å². The van der Waals surface area contributed by atoms with Crippen LogP contribution in [-0.2, 0) is 11.3 Å². The highest BCUT2D eigenvalue weighted by Crippen LogP contribution is 2.28. The maximum absolute atomic E-state index is 12.3. The minimum atomic E-state index is -0.267. The molecule has 7 heteroatoms. The van der Waals surface area contributed by atoms with E-state index in [2.05, 4.69) is 20.7 Å². The molecule has 3 heterocycles. The lowest BCUT2D eigenvalue weighted by Gasteiger charge is -2.31. The predicted octanol–water partition coefficient (Wildman–Crippen LogP) is 2.65. The second-order valence-corrected chi connectivity index (χ2v) is 5.99. The third kappa shape index (κ3) is 3.91. The molecule has 0 saturated carbocycles. The number of rotatable bonds is 4. The van der Waals surface area contributed by atoms with E-state index in [4.69, 9.17) is 4.74 Å². The smallest absolute Gasteiger partial charge is 0.320 e. The second kappa shape index (κ2) is 7.44. The normalized spacial score (nSPS) is 20.6. The summed E-state index contributed by atoms with van der Waals surface area (Å²) < 4.78 is 7.76. The van der Waals surface area contributed by atoms with Gasteiger partial charge in [0, 0.05) is 31.1 Å². The summed E-state index contributed by atoms with van der Waals surface area (Å²) in [6.45, 7) is 5.50. The molecule has 1 aliphatic rings. The Morgan fingerprint density at radius 3 is 3.12 bits per heavy atom. The zero-order valence-electron chi connectivity index (χ0n) is 14.0. The van der Waals surface area contributed by atoms with E-state index in [1.165, 1.54) is 0 Å². The maximum atomic E-state index is 12.3. The van der Waals surface area contributed by atoms with Gasteiger partial charge < -0.3 is 10.1 Å². The third-order valence-electron chi connectivity index (χ3n) is 4.10. The molecule has 0 aliphatic carbocycles. The van der Waals surface area contributed by atoms with Gasteiger partial charge >= 0.3 is 6.03 Å². The number of nitrogens with one attached hydrogen (secondary N) is 2. The van der Waals surface area contributed by atoms with Gasteiger partial charge in [-0.25, -0.2) is 9.78 Å². The van der Waals surface area contributed by atoms with Gasteiger partial charge in [-0.15, -0.1) is 0 Å². The summed E-state index contributed by atoms with van der Waals surface area (Å²) in [4.78, 5) is 16.4. The molecular weight excluding hydrogens is 306 g/mol. The van der Waals surface area contributed by atoms with Crippen molar-refractivity contribution in [3.05, 3.63) is 41.9 Å². The first-order valence-electron chi connectivity index (χ1n) is 8.30. The van der Waals surface area contributed by atoms with Gasteiger partial charge in [0.05, 0.1) is 12.2 Å². The summed E-state index contributed by atoms with van der Waals surface area (Å²) in [7, 11) is 0. The molecule has 2 N–H and O–H groups in total. The van der Waals surface area contributed by atoms with Crippen molar-refractivity contribution in [3.8, 4) is 0 Å². The Bertz CT molecular complexity index is 700. The van der Waals surface area contributed by atoms with Crippen LogP contribution in [0.3, 0.4) is 0 Å². The fraction of sp³-hybridized carbons (Fsp3) is 0.471. The lowest BCUT2D eigenvalue weighted by atomic mass is 9.98. The first kappa shape index (κ1) is 16.4. The molecule has 128 valence electrons. The highest BCUT2D eigenvalue weighted by atomic mass is 16.5. The number of urea groups is 1. The van der Waals surface area contributed by atoms with E-state index in [9.17, 15) is 4.79 Å². The van der Waals surface area contributed by atoms with Crippen LogP contribution in [0, 0.1) is 6.92 Å². The monoisotopic (exact) mass is 329 g/mol. The summed E-state index contributed by atoms with van der Waals surface area (Å²) >= 11 is 0. The van der Waals surface area contributed by atoms with E-state index in [1.54, 1.807) is 6.20 Å². The first-order chi connectivity index (χ1) is 11.7. The van der Waals surface area contributed by atoms with Crippen molar-refractivity contribution in [1.82, 2.24) is 20.1 Å². The number of carbonyl (C=O) groups is 1. The van der Waals surface area contributed by atoms with Gasteiger partial charge in [0.25, 0.3) is 0 Å². The van der Waals surface area contributed by atoms with Crippen molar-refractivity contribution in [1.29, 1.82) is 0 Å². The van der Waals surface area contributed by atoms with Crippen LogP contribution in [0.15, 0.2) is 30.7 Å². The second-order valence-electron chi connectivity index (χ2n) is 5.99. The summed E-state index contributed by atoms with van der Waals surface area (Å²) in [6.07, 6.45) is 7.09. The minimum Gasteiger partial charge on any atom is -0.371 e. The van der Waals surface area contributed by atoms with Crippen molar-refractivity contribution in [3.63, 3.8) is 0 Å². The summed E-state index contributed by atoms with van der Waals surface area (Å²) in [5.74, 6) is 0.541. The average Bonchev–Trinajstić information content (AvgIpc) is 3.04. The number of pyridine rings is 1. The van der Waals surface area contributed by atoms with Crippen LogP contribution in [0.5, 0.6) is 0 Å². The number of carbonyl (C=O) groups excluding carboxylic acids is 1. The topological polar surface area (TPSA) is 81.1 Å². The van der Waals surface area contributed by atoms with E-state index < -0.39 is 0 Å². The lowest BCUT2D eigenvalue weighted by molar-refractivity contribution is -0.00701. The maximum Gasteiger partial charge on any atom is 0.320 e. The van der Waals surface area contributed by atoms with E-state index in [-0.39, 0.29) is 18.2 Å². The molecule has 0 bridgehead atoms. The molecule has 24 heavy (non-hydrogen) atoms. The number of nitrogens with zero attached hydrogens (tertiary/aromatic N) is 3. The summed E-state index contributed by atoms with van der Waals surface area (Å²) in [5, 5.41) is 10.1. The Hall–Kier alpha value is -2.41. The fourth-order valence-electron chi connectivity index (χ4n) is 2.88. The molecule has 0 radical (unpaired) electrons. The number of amides is 2. The van der Waals surface area contributed by atoms with Gasteiger partial charge in [-0.2, -0.15) is 5.10 Å². The van der Waals surface area contributed by atoms with Crippen molar-refractivity contribution < 1.29 is 9.53 Å². The zero-order valence-corrected chi connectivity index (χ0v) is 14.0. The highest BCUT2D eigenvalue weighted by molar-refractivity contribution is 5.88. The summed E-state index contributed by atoms with van der Waals surface area (Å²) in [6, 6.07) is 3.37. The Labute approximate surface area is 141 Å². The van der Waals surface area contributed by atoms with Crippen LogP contribution in [0.25, 0.3) is 0 Å². The number of hydrogen-bond donors (Lipinski definition) is 2. The highest BCUT2D eigenvalue weighted by Gasteiger charge is 2.29. The van der Waals surface area contributed by atoms with Gasteiger partial charge in [0.15, 0.2) is 0 Å². The molecule has 0 aromatic carbocycles. The molecule has 7 nitrogen and oxygen atoms in total. The first-order valence-corrected chi connectivity index (χ1v) is 8.30. The Morgan fingerprint density at radius 1 is 1.50 bits per heavy atom. The molecule has 2 amide bonds. The summed E-state index contributed by atoms with van der Waals surface area (Å²) in [5.41, 5.74) is 2.04. The van der Waals surface area contributed by atoms with Gasteiger partial charge in [-0.3, -0.25) is 10.00 Å². The van der Waals surface area contributed by atoms with E-state index in [0.717, 1.165) is 30.5 Å². The molecule has 1 aliphatic heterocycles.